The molecule has 2 atom stereocenters. The van der Waals surface area contributed by atoms with Gasteiger partial charge >= 0.3 is 24.0 Å². The lowest BCUT2D eigenvalue weighted by molar-refractivity contribution is -0.170. The highest BCUT2D eigenvalue weighted by Crippen LogP contribution is 2.34. The van der Waals surface area contributed by atoms with E-state index in [9.17, 15) is 31.6 Å². The lowest BCUT2D eigenvalue weighted by atomic mass is 10.1. The van der Waals surface area contributed by atoms with E-state index in [2.05, 4.69) is 9.47 Å². The van der Waals surface area contributed by atoms with Crippen molar-refractivity contribution in [3.63, 3.8) is 0 Å². The number of carbonyl (C=O) groups is 3. The van der Waals surface area contributed by atoms with Crippen molar-refractivity contribution in [1.29, 1.82) is 0 Å². The van der Waals surface area contributed by atoms with Gasteiger partial charge in [0.15, 0.2) is 6.10 Å². The largest absolute Gasteiger partial charge is 0.450 e. The number of halogens is 2. The third kappa shape index (κ3) is 5.95. The summed E-state index contributed by atoms with van der Waals surface area (Å²) < 4.78 is 68.2. The number of esters is 2. The Morgan fingerprint density at radius 2 is 1.76 bits per heavy atom. The second-order valence-electron chi connectivity index (χ2n) is 7.19. The summed E-state index contributed by atoms with van der Waals surface area (Å²) in [6, 6.07) is 14.0. The first-order valence-electron chi connectivity index (χ1n) is 9.78. The molecule has 1 saturated heterocycles. The van der Waals surface area contributed by atoms with Crippen LogP contribution >= 0.6 is 0 Å². The third-order valence-corrected chi connectivity index (χ3v) is 5.94. The summed E-state index contributed by atoms with van der Waals surface area (Å²) in [5.74, 6) is -7.36. The lowest BCUT2D eigenvalue weighted by Crippen LogP contribution is -2.43. The molecular formula is C22H19F2NO8S. The lowest BCUT2D eigenvalue weighted by Gasteiger charge is -2.19. The van der Waals surface area contributed by atoms with Crippen LogP contribution in [0.4, 0.5) is 13.6 Å². The SMILES string of the molecule is Cc1ccc(S(=O)(=O)NC(=O)OCC2OC(=O)C(F)(F)C2OC(=O)/C=C/c2ccccc2)cc1. The summed E-state index contributed by atoms with van der Waals surface area (Å²) in [6.45, 7) is 0.744. The van der Waals surface area contributed by atoms with Crippen LogP contribution in [0.5, 0.6) is 0 Å². The molecule has 34 heavy (non-hydrogen) atoms. The Morgan fingerprint density at radius 1 is 1.12 bits per heavy atom. The highest BCUT2D eigenvalue weighted by Gasteiger charge is 2.62. The number of rotatable bonds is 7. The minimum absolute atomic E-state index is 0.231. The highest BCUT2D eigenvalue weighted by molar-refractivity contribution is 7.90. The molecule has 0 aliphatic carbocycles. The number of nitrogens with one attached hydrogen (secondary N) is 1. The minimum atomic E-state index is -4.30. The van der Waals surface area contributed by atoms with Gasteiger partial charge in [-0.05, 0) is 30.7 Å². The van der Waals surface area contributed by atoms with E-state index in [0.29, 0.717) is 5.56 Å². The summed E-state index contributed by atoms with van der Waals surface area (Å²) in [7, 11) is -4.30. The van der Waals surface area contributed by atoms with E-state index in [-0.39, 0.29) is 4.90 Å². The molecule has 0 bridgehead atoms. The molecule has 1 aliphatic heterocycles. The van der Waals surface area contributed by atoms with E-state index in [0.717, 1.165) is 11.6 Å². The number of hydrogen-bond acceptors (Lipinski definition) is 8. The van der Waals surface area contributed by atoms with Crippen LogP contribution in [0.15, 0.2) is 65.6 Å². The first kappa shape index (κ1) is 24.8. The molecule has 0 spiro atoms. The Labute approximate surface area is 193 Å². The van der Waals surface area contributed by atoms with Crippen LogP contribution in [0.3, 0.4) is 0 Å². The summed E-state index contributed by atoms with van der Waals surface area (Å²) in [5, 5.41) is 0. The van der Waals surface area contributed by atoms with Crippen molar-refractivity contribution >= 4 is 34.1 Å². The fraction of sp³-hybridized carbons (Fsp3) is 0.227. The van der Waals surface area contributed by atoms with Crippen LogP contribution in [-0.4, -0.2) is 51.2 Å². The number of cyclic esters (lactones) is 1. The van der Waals surface area contributed by atoms with Crippen molar-refractivity contribution in [3.8, 4) is 0 Å². The first-order chi connectivity index (χ1) is 16.0. The number of alkyl halides is 2. The number of sulfonamides is 1. The summed E-state index contributed by atoms with van der Waals surface area (Å²) >= 11 is 0. The number of aryl methyl sites for hydroxylation is 1. The maximum absolute atomic E-state index is 14.2. The number of carbonyl (C=O) groups excluding carboxylic acids is 3. The van der Waals surface area contributed by atoms with Gasteiger partial charge in [-0.2, -0.15) is 8.78 Å². The summed E-state index contributed by atoms with van der Waals surface area (Å²) in [5.41, 5.74) is 1.38. The molecule has 0 aromatic heterocycles. The van der Waals surface area contributed by atoms with Gasteiger partial charge < -0.3 is 14.2 Å². The molecule has 1 heterocycles. The smallest absolute Gasteiger partial charge is 0.421 e. The summed E-state index contributed by atoms with van der Waals surface area (Å²) in [4.78, 5) is 35.2. The van der Waals surface area contributed by atoms with Crippen molar-refractivity contribution in [1.82, 2.24) is 4.72 Å². The third-order valence-electron chi connectivity index (χ3n) is 4.61. The Hall–Kier alpha value is -3.80. The fourth-order valence-electron chi connectivity index (χ4n) is 2.86. The number of hydrogen-bond donors (Lipinski definition) is 1. The average molecular weight is 495 g/mol. The molecule has 12 heteroatoms. The van der Waals surface area contributed by atoms with Crippen molar-refractivity contribution in [3.05, 3.63) is 71.8 Å². The van der Waals surface area contributed by atoms with Gasteiger partial charge in [0.1, 0.15) is 6.61 Å². The molecule has 2 unspecified atom stereocenters. The number of amides is 1. The first-order valence-corrected chi connectivity index (χ1v) is 11.3. The zero-order valence-electron chi connectivity index (χ0n) is 17.6. The van der Waals surface area contributed by atoms with Crippen LogP contribution in [-0.2, 0) is 33.8 Å². The topological polar surface area (TPSA) is 125 Å². The second kappa shape index (κ2) is 10.00. The molecule has 1 amide bonds. The zero-order valence-corrected chi connectivity index (χ0v) is 18.5. The molecule has 2 aromatic carbocycles. The fourth-order valence-corrected chi connectivity index (χ4v) is 3.76. The van der Waals surface area contributed by atoms with E-state index in [1.54, 1.807) is 42.0 Å². The maximum atomic E-state index is 14.2. The predicted molar refractivity (Wildman–Crippen MR) is 113 cm³/mol. The number of benzene rings is 2. The van der Waals surface area contributed by atoms with Gasteiger partial charge in [0, 0.05) is 6.08 Å². The highest BCUT2D eigenvalue weighted by atomic mass is 32.2. The van der Waals surface area contributed by atoms with Gasteiger partial charge in [0.2, 0.25) is 6.10 Å². The Kier molecular flexibility index (Phi) is 7.30. The van der Waals surface area contributed by atoms with Gasteiger partial charge in [-0.15, -0.1) is 0 Å². The molecule has 1 fully saturated rings. The van der Waals surface area contributed by atoms with E-state index in [1.165, 1.54) is 30.3 Å². The van der Waals surface area contributed by atoms with Gasteiger partial charge in [0.25, 0.3) is 10.0 Å². The monoisotopic (exact) mass is 495 g/mol. The van der Waals surface area contributed by atoms with Crippen LogP contribution in [0.1, 0.15) is 11.1 Å². The van der Waals surface area contributed by atoms with Crippen LogP contribution < -0.4 is 4.72 Å². The molecule has 0 radical (unpaired) electrons. The van der Waals surface area contributed by atoms with Gasteiger partial charge in [-0.25, -0.2) is 27.5 Å². The zero-order chi connectivity index (χ0) is 24.9. The van der Waals surface area contributed by atoms with E-state index in [1.807, 2.05) is 0 Å². The minimum Gasteiger partial charge on any atom is -0.450 e. The normalized spacial score (nSPS) is 19.4. The predicted octanol–water partition coefficient (Wildman–Crippen LogP) is 2.60. The Morgan fingerprint density at radius 3 is 2.41 bits per heavy atom. The summed E-state index contributed by atoms with van der Waals surface area (Å²) in [6.07, 6.45) is -3.56. The quantitative estimate of drug-likeness (QED) is 0.353. The van der Waals surface area contributed by atoms with Crippen molar-refractivity contribution in [2.45, 2.75) is 29.9 Å². The standard InChI is InChI=1S/C22H19F2NO8S/c1-14-7-10-16(11-8-14)34(29,30)25-21(28)31-13-17-19(22(23,24)20(27)32-17)33-18(26)12-9-15-5-3-2-4-6-15/h2-12,17,19H,13H2,1H3,(H,25,28)/b12-9+. The van der Waals surface area contributed by atoms with Crippen LogP contribution in [0, 0.1) is 6.92 Å². The van der Waals surface area contributed by atoms with Crippen LogP contribution in [0.25, 0.3) is 6.08 Å². The van der Waals surface area contributed by atoms with Gasteiger partial charge in [-0.3, -0.25) is 0 Å². The molecule has 9 nitrogen and oxygen atoms in total. The average Bonchev–Trinajstić information content (AvgIpc) is 3.00. The van der Waals surface area contributed by atoms with Crippen molar-refractivity contribution in [2.24, 2.45) is 0 Å². The number of ether oxygens (including phenoxy) is 3. The molecule has 0 saturated carbocycles. The molecule has 3 rings (SSSR count). The molecular weight excluding hydrogens is 476 g/mol. The van der Waals surface area contributed by atoms with Crippen molar-refractivity contribution in [2.75, 3.05) is 6.61 Å². The maximum Gasteiger partial charge on any atom is 0.421 e. The molecule has 180 valence electrons. The Bertz CT molecular complexity index is 1200. The second-order valence-corrected chi connectivity index (χ2v) is 8.87. The van der Waals surface area contributed by atoms with Gasteiger partial charge in [-0.1, -0.05) is 48.0 Å². The van der Waals surface area contributed by atoms with E-state index >= 15 is 0 Å². The van der Waals surface area contributed by atoms with E-state index in [4.69, 9.17) is 4.74 Å². The van der Waals surface area contributed by atoms with Crippen LogP contribution in [0.2, 0.25) is 0 Å². The molecule has 1 aliphatic rings. The molecule has 1 N–H and O–H groups in total. The van der Waals surface area contributed by atoms with Gasteiger partial charge in [0.05, 0.1) is 4.90 Å². The van der Waals surface area contributed by atoms with E-state index < -0.39 is 52.8 Å². The molecule has 2 aromatic rings. The Balaban J connectivity index is 1.62. The van der Waals surface area contributed by atoms with Crippen molar-refractivity contribution < 1.29 is 45.8 Å².